The molecule has 2 aliphatic carbocycles. The highest BCUT2D eigenvalue weighted by Crippen LogP contribution is 2.38. The molecule has 0 aliphatic heterocycles. The molecule has 30 heavy (non-hydrogen) atoms. The van der Waals surface area contributed by atoms with Gasteiger partial charge < -0.3 is 14.8 Å². The lowest BCUT2D eigenvalue weighted by atomic mass is 9.95. The standard InChI is InChI=1S/C24H26ClNO4/c1-3-29-24(28)19-12-15-7-4-5-10-18(15)21(19)26-23(27)20-13-16(25)11-14(2)22(20)30-17-8-6-9-17/h4-5,7,10-11,13,17,19,21H,3,6,8-9,12H2,1-2H3,(H,26,27). The van der Waals surface area contributed by atoms with Gasteiger partial charge in [0.25, 0.3) is 5.91 Å². The molecule has 0 saturated heterocycles. The number of ether oxygens (including phenoxy) is 2. The zero-order valence-corrected chi connectivity index (χ0v) is 18.0. The van der Waals surface area contributed by atoms with Gasteiger partial charge in [-0.2, -0.15) is 0 Å². The summed E-state index contributed by atoms with van der Waals surface area (Å²) < 4.78 is 11.4. The van der Waals surface area contributed by atoms with E-state index in [1.165, 1.54) is 0 Å². The van der Waals surface area contributed by atoms with E-state index in [4.69, 9.17) is 21.1 Å². The van der Waals surface area contributed by atoms with Gasteiger partial charge in [-0.1, -0.05) is 35.9 Å². The Labute approximate surface area is 181 Å². The fourth-order valence-electron chi connectivity index (χ4n) is 4.17. The first-order valence-electron chi connectivity index (χ1n) is 10.5. The van der Waals surface area contributed by atoms with Crippen LogP contribution in [0.2, 0.25) is 5.02 Å². The van der Waals surface area contributed by atoms with E-state index in [-0.39, 0.29) is 18.0 Å². The summed E-state index contributed by atoms with van der Waals surface area (Å²) in [6.45, 7) is 3.98. The lowest BCUT2D eigenvalue weighted by molar-refractivity contribution is -0.148. The lowest BCUT2D eigenvalue weighted by Gasteiger charge is -2.29. The van der Waals surface area contributed by atoms with E-state index < -0.39 is 12.0 Å². The number of fused-ring (bicyclic) bond motifs is 1. The molecule has 0 heterocycles. The minimum atomic E-state index is -0.456. The average Bonchev–Trinajstić information content (AvgIpc) is 3.04. The number of nitrogens with one attached hydrogen (secondary N) is 1. The second-order valence-electron chi connectivity index (χ2n) is 7.98. The average molecular weight is 428 g/mol. The Morgan fingerprint density at radius 1 is 1.20 bits per heavy atom. The summed E-state index contributed by atoms with van der Waals surface area (Å²) in [5.74, 6) is -0.485. The number of carbonyl (C=O) groups is 2. The van der Waals surface area contributed by atoms with Crippen molar-refractivity contribution >= 4 is 23.5 Å². The van der Waals surface area contributed by atoms with Crippen molar-refractivity contribution in [1.29, 1.82) is 0 Å². The van der Waals surface area contributed by atoms with Gasteiger partial charge in [0.05, 0.1) is 30.2 Å². The van der Waals surface area contributed by atoms with Gasteiger partial charge in [-0.25, -0.2) is 0 Å². The van der Waals surface area contributed by atoms with Crippen molar-refractivity contribution in [3.63, 3.8) is 0 Å². The first-order valence-corrected chi connectivity index (χ1v) is 10.9. The molecule has 2 unspecified atom stereocenters. The predicted octanol–water partition coefficient (Wildman–Crippen LogP) is 4.79. The molecular weight excluding hydrogens is 402 g/mol. The van der Waals surface area contributed by atoms with Crippen molar-refractivity contribution in [2.75, 3.05) is 6.61 Å². The third-order valence-electron chi connectivity index (χ3n) is 5.93. The van der Waals surface area contributed by atoms with Crippen LogP contribution in [0.4, 0.5) is 0 Å². The number of aryl methyl sites for hydroxylation is 1. The van der Waals surface area contributed by atoms with Crippen LogP contribution in [0, 0.1) is 12.8 Å². The van der Waals surface area contributed by atoms with Crippen LogP contribution < -0.4 is 10.1 Å². The minimum Gasteiger partial charge on any atom is -0.489 e. The van der Waals surface area contributed by atoms with E-state index >= 15 is 0 Å². The molecule has 0 bridgehead atoms. The topological polar surface area (TPSA) is 64.6 Å². The van der Waals surface area contributed by atoms with Crippen molar-refractivity contribution in [3.05, 3.63) is 63.7 Å². The molecule has 2 aliphatic rings. The predicted molar refractivity (Wildman–Crippen MR) is 115 cm³/mol. The number of halogens is 1. The molecule has 2 aromatic rings. The van der Waals surface area contributed by atoms with E-state index in [0.29, 0.717) is 29.4 Å². The molecule has 1 amide bonds. The van der Waals surface area contributed by atoms with Crippen LogP contribution in [-0.2, 0) is 16.0 Å². The van der Waals surface area contributed by atoms with Crippen molar-refractivity contribution in [3.8, 4) is 5.75 Å². The number of esters is 1. The fraction of sp³-hybridized carbons (Fsp3) is 0.417. The maximum Gasteiger partial charge on any atom is 0.311 e. The first-order chi connectivity index (χ1) is 14.5. The normalized spacial score (nSPS) is 20.2. The molecule has 2 aromatic carbocycles. The van der Waals surface area contributed by atoms with Crippen LogP contribution in [0.25, 0.3) is 0 Å². The Balaban J connectivity index is 1.64. The Bertz CT molecular complexity index is 970. The number of amides is 1. The van der Waals surface area contributed by atoms with Crippen LogP contribution in [0.15, 0.2) is 36.4 Å². The van der Waals surface area contributed by atoms with Crippen molar-refractivity contribution < 1.29 is 19.1 Å². The van der Waals surface area contributed by atoms with E-state index in [2.05, 4.69) is 5.32 Å². The van der Waals surface area contributed by atoms with Crippen LogP contribution in [0.5, 0.6) is 5.75 Å². The van der Waals surface area contributed by atoms with E-state index in [9.17, 15) is 9.59 Å². The molecule has 158 valence electrons. The smallest absolute Gasteiger partial charge is 0.311 e. The van der Waals surface area contributed by atoms with Crippen LogP contribution in [0.3, 0.4) is 0 Å². The second kappa shape index (κ2) is 8.68. The Kier molecular flexibility index (Phi) is 6.00. The zero-order chi connectivity index (χ0) is 21.3. The molecule has 0 spiro atoms. The Morgan fingerprint density at radius 3 is 2.67 bits per heavy atom. The first kappa shape index (κ1) is 20.7. The number of hydrogen-bond donors (Lipinski definition) is 1. The van der Waals surface area contributed by atoms with Crippen molar-refractivity contribution in [1.82, 2.24) is 5.32 Å². The van der Waals surface area contributed by atoms with Gasteiger partial charge in [-0.15, -0.1) is 0 Å². The molecule has 4 rings (SSSR count). The molecule has 0 aromatic heterocycles. The summed E-state index contributed by atoms with van der Waals surface area (Å²) in [5.41, 5.74) is 3.23. The van der Waals surface area contributed by atoms with E-state index in [1.54, 1.807) is 19.1 Å². The SMILES string of the molecule is CCOC(=O)C1Cc2ccccc2C1NC(=O)c1cc(Cl)cc(C)c1OC1CCC1. The van der Waals surface area contributed by atoms with E-state index in [1.807, 2.05) is 31.2 Å². The number of hydrogen-bond acceptors (Lipinski definition) is 4. The van der Waals surface area contributed by atoms with Gasteiger partial charge in [-0.3, -0.25) is 9.59 Å². The van der Waals surface area contributed by atoms with Gasteiger partial charge in [-0.05, 0) is 68.4 Å². The molecule has 5 nitrogen and oxygen atoms in total. The van der Waals surface area contributed by atoms with Crippen molar-refractivity contribution in [2.45, 2.75) is 51.7 Å². The third kappa shape index (κ3) is 4.04. The molecule has 0 radical (unpaired) electrons. The monoisotopic (exact) mass is 427 g/mol. The van der Waals surface area contributed by atoms with Crippen LogP contribution >= 0.6 is 11.6 Å². The van der Waals surface area contributed by atoms with Crippen LogP contribution in [0.1, 0.15) is 59.3 Å². The molecule has 1 N–H and O–H groups in total. The highest BCUT2D eigenvalue weighted by molar-refractivity contribution is 6.31. The van der Waals surface area contributed by atoms with Gasteiger partial charge in [0.1, 0.15) is 5.75 Å². The molecule has 1 fully saturated rings. The summed E-state index contributed by atoms with van der Waals surface area (Å²) in [7, 11) is 0. The minimum absolute atomic E-state index is 0.135. The van der Waals surface area contributed by atoms with Gasteiger partial charge in [0, 0.05) is 5.02 Å². The Hall–Kier alpha value is -2.53. The number of rotatable bonds is 6. The highest BCUT2D eigenvalue weighted by Gasteiger charge is 2.39. The zero-order valence-electron chi connectivity index (χ0n) is 17.2. The van der Waals surface area contributed by atoms with Gasteiger partial charge in [0.15, 0.2) is 0 Å². The fourth-order valence-corrected chi connectivity index (χ4v) is 4.44. The second-order valence-corrected chi connectivity index (χ2v) is 8.42. The van der Waals surface area contributed by atoms with Crippen LogP contribution in [-0.4, -0.2) is 24.6 Å². The third-order valence-corrected chi connectivity index (χ3v) is 6.15. The van der Waals surface area contributed by atoms with Gasteiger partial charge in [0.2, 0.25) is 0 Å². The summed E-state index contributed by atoms with van der Waals surface area (Å²) in [4.78, 5) is 25.9. The maximum atomic E-state index is 13.3. The summed E-state index contributed by atoms with van der Waals surface area (Å²) in [6.07, 6.45) is 3.79. The molecular formula is C24H26ClNO4. The molecule has 2 atom stereocenters. The number of benzene rings is 2. The molecule has 6 heteroatoms. The quantitative estimate of drug-likeness (QED) is 0.673. The summed E-state index contributed by atoms with van der Waals surface area (Å²) in [6, 6.07) is 10.8. The highest BCUT2D eigenvalue weighted by atomic mass is 35.5. The van der Waals surface area contributed by atoms with Gasteiger partial charge >= 0.3 is 5.97 Å². The van der Waals surface area contributed by atoms with Crippen molar-refractivity contribution in [2.24, 2.45) is 5.92 Å². The maximum absolute atomic E-state index is 13.3. The van der Waals surface area contributed by atoms with E-state index in [0.717, 1.165) is 36.0 Å². The Morgan fingerprint density at radius 2 is 1.97 bits per heavy atom. The lowest BCUT2D eigenvalue weighted by Crippen LogP contribution is -2.36. The molecule has 1 saturated carbocycles. The number of carbonyl (C=O) groups excluding carboxylic acids is 2. The summed E-state index contributed by atoms with van der Waals surface area (Å²) >= 11 is 6.26. The largest absolute Gasteiger partial charge is 0.489 e. The summed E-state index contributed by atoms with van der Waals surface area (Å²) in [5, 5.41) is 3.55.